The average Bonchev–Trinajstić information content (AvgIpc) is 2.27. The van der Waals surface area contributed by atoms with E-state index >= 15 is 0 Å². The molecule has 0 saturated heterocycles. The van der Waals surface area contributed by atoms with Crippen LogP contribution in [-0.2, 0) is 0 Å². The van der Waals surface area contributed by atoms with Crippen LogP contribution in [-0.4, -0.2) is 26.0 Å². The molecule has 0 amide bonds. The lowest BCUT2D eigenvalue weighted by atomic mass is 10.3. The van der Waals surface area contributed by atoms with Gasteiger partial charge in [-0.1, -0.05) is 0 Å². The molecular formula is C11H9N3O3S. The number of aromatic carboxylic acids is 1. The number of aromatic nitrogens is 3. The second-order valence-electron chi connectivity index (χ2n) is 3.46. The number of carboxylic acid groups (broad SMARTS) is 1. The maximum Gasteiger partial charge on any atom is 0.335 e. The number of pyridine rings is 1. The second kappa shape index (κ2) is 5.01. The Morgan fingerprint density at radius 1 is 1.39 bits per heavy atom. The van der Waals surface area contributed by atoms with Crippen molar-refractivity contribution in [3.05, 3.63) is 46.1 Å². The molecule has 6 nitrogen and oxygen atoms in total. The fraction of sp³-hybridized carbons (Fsp3) is 0.0909. The molecule has 2 aromatic heterocycles. The Bertz CT molecular complexity index is 654. The molecule has 0 unspecified atom stereocenters. The average molecular weight is 263 g/mol. The summed E-state index contributed by atoms with van der Waals surface area (Å²) in [6, 6.07) is 4.18. The molecule has 0 aliphatic rings. The van der Waals surface area contributed by atoms with Crippen molar-refractivity contribution < 1.29 is 9.90 Å². The van der Waals surface area contributed by atoms with Crippen molar-refractivity contribution in [2.24, 2.45) is 0 Å². The van der Waals surface area contributed by atoms with Crippen LogP contribution in [0.2, 0.25) is 0 Å². The van der Waals surface area contributed by atoms with Crippen LogP contribution < -0.4 is 5.56 Å². The molecule has 7 heteroatoms. The molecule has 0 bridgehead atoms. The summed E-state index contributed by atoms with van der Waals surface area (Å²) in [5.74, 6) is -0.520. The molecule has 0 aliphatic heterocycles. The summed E-state index contributed by atoms with van der Waals surface area (Å²) in [5, 5.41) is 9.81. The van der Waals surface area contributed by atoms with Crippen LogP contribution in [0.4, 0.5) is 0 Å². The molecule has 0 atom stereocenters. The fourth-order valence-corrected chi connectivity index (χ4v) is 2.17. The SMILES string of the molecule is Cc1nc(Sc2cc(C(=O)O)ccn2)cc(=O)[nH]1. The van der Waals surface area contributed by atoms with E-state index in [0.29, 0.717) is 15.9 Å². The predicted octanol–water partition coefficient (Wildman–Crippen LogP) is 1.32. The zero-order chi connectivity index (χ0) is 13.1. The molecule has 0 saturated carbocycles. The van der Waals surface area contributed by atoms with Gasteiger partial charge >= 0.3 is 5.97 Å². The van der Waals surface area contributed by atoms with Crippen LogP contribution in [0.5, 0.6) is 0 Å². The molecule has 0 spiro atoms. The molecule has 18 heavy (non-hydrogen) atoms. The third kappa shape index (κ3) is 2.95. The Morgan fingerprint density at radius 2 is 2.17 bits per heavy atom. The van der Waals surface area contributed by atoms with Gasteiger partial charge in [-0.2, -0.15) is 0 Å². The van der Waals surface area contributed by atoms with Gasteiger partial charge in [-0.05, 0) is 30.8 Å². The lowest BCUT2D eigenvalue weighted by molar-refractivity contribution is 0.0696. The number of aromatic amines is 1. The van der Waals surface area contributed by atoms with Crippen molar-refractivity contribution in [2.45, 2.75) is 17.0 Å². The summed E-state index contributed by atoms with van der Waals surface area (Å²) >= 11 is 1.14. The zero-order valence-corrected chi connectivity index (χ0v) is 10.2. The Morgan fingerprint density at radius 3 is 2.83 bits per heavy atom. The first kappa shape index (κ1) is 12.3. The van der Waals surface area contributed by atoms with E-state index in [2.05, 4.69) is 15.0 Å². The molecule has 0 aliphatic carbocycles. The summed E-state index contributed by atoms with van der Waals surface area (Å²) in [7, 11) is 0. The largest absolute Gasteiger partial charge is 0.478 e. The highest BCUT2D eigenvalue weighted by molar-refractivity contribution is 7.99. The topological polar surface area (TPSA) is 95.9 Å². The van der Waals surface area contributed by atoms with Gasteiger partial charge in [0.25, 0.3) is 5.56 Å². The lowest BCUT2D eigenvalue weighted by Gasteiger charge is -2.01. The van der Waals surface area contributed by atoms with Gasteiger partial charge in [0.2, 0.25) is 0 Å². The highest BCUT2D eigenvalue weighted by Crippen LogP contribution is 2.23. The van der Waals surface area contributed by atoms with E-state index < -0.39 is 5.97 Å². The Kier molecular flexibility index (Phi) is 3.42. The fourth-order valence-electron chi connectivity index (χ4n) is 1.31. The monoisotopic (exact) mass is 263 g/mol. The van der Waals surface area contributed by atoms with Crippen molar-refractivity contribution in [1.82, 2.24) is 15.0 Å². The van der Waals surface area contributed by atoms with E-state index in [9.17, 15) is 9.59 Å². The molecule has 2 rings (SSSR count). The maximum absolute atomic E-state index is 11.3. The number of rotatable bonds is 3. The van der Waals surface area contributed by atoms with Gasteiger partial charge in [0.05, 0.1) is 5.56 Å². The molecule has 2 heterocycles. The first-order chi connectivity index (χ1) is 8.54. The predicted molar refractivity (Wildman–Crippen MR) is 64.9 cm³/mol. The van der Waals surface area contributed by atoms with E-state index in [1.807, 2.05) is 0 Å². The van der Waals surface area contributed by atoms with Crippen molar-refractivity contribution in [2.75, 3.05) is 0 Å². The molecule has 2 aromatic rings. The number of nitrogens with one attached hydrogen (secondary N) is 1. The lowest BCUT2D eigenvalue weighted by Crippen LogP contribution is -2.08. The van der Waals surface area contributed by atoms with E-state index in [1.54, 1.807) is 6.92 Å². The Labute approximate surface area is 106 Å². The van der Waals surface area contributed by atoms with Gasteiger partial charge in [-0.3, -0.25) is 4.79 Å². The van der Waals surface area contributed by atoms with E-state index in [-0.39, 0.29) is 11.1 Å². The standard InChI is InChI=1S/C11H9N3O3S/c1-6-13-8(15)5-10(14-6)18-9-4-7(11(16)17)2-3-12-9/h2-5H,1H3,(H,16,17)(H,13,14,15). The van der Waals surface area contributed by atoms with Crippen molar-refractivity contribution in [1.29, 1.82) is 0 Å². The molecular weight excluding hydrogens is 254 g/mol. The van der Waals surface area contributed by atoms with Gasteiger partial charge in [0.1, 0.15) is 15.9 Å². The van der Waals surface area contributed by atoms with Crippen LogP contribution in [0, 0.1) is 6.92 Å². The molecule has 92 valence electrons. The van der Waals surface area contributed by atoms with Gasteiger partial charge in [-0.15, -0.1) is 0 Å². The Hall–Kier alpha value is -2.15. The van der Waals surface area contributed by atoms with Crippen LogP contribution in [0.25, 0.3) is 0 Å². The number of H-pyrrole nitrogens is 1. The molecule has 0 fully saturated rings. The summed E-state index contributed by atoms with van der Waals surface area (Å²) < 4.78 is 0. The van der Waals surface area contributed by atoms with Crippen molar-refractivity contribution >= 4 is 17.7 Å². The first-order valence-corrected chi connectivity index (χ1v) is 5.81. The summed E-state index contributed by atoms with van der Waals surface area (Å²) in [6.45, 7) is 1.67. The second-order valence-corrected chi connectivity index (χ2v) is 4.50. The smallest absolute Gasteiger partial charge is 0.335 e. The van der Waals surface area contributed by atoms with Gasteiger partial charge in [0, 0.05) is 12.3 Å². The highest BCUT2D eigenvalue weighted by atomic mass is 32.2. The first-order valence-electron chi connectivity index (χ1n) is 5.00. The minimum absolute atomic E-state index is 0.147. The molecule has 0 aromatic carbocycles. The summed E-state index contributed by atoms with van der Waals surface area (Å²) in [5.41, 5.74) is -0.103. The van der Waals surface area contributed by atoms with Crippen LogP contribution in [0.15, 0.2) is 39.2 Å². The van der Waals surface area contributed by atoms with Gasteiger partial charge < -0.3 is 10.1 Å². The number of hydrogen-bond donors (Lipinski definition) is 2. The van der Waals surface area contributed by atoms with Gasteiger partial charge in [-0.25, -0.2) is 14.8 Å². The number of carboxylic acids is 1. The third-order valence-corrected chi connectivity index (χ3v) is 2.88. The number of aryl methyl sites for hydroxylation is 1. The van der Waals surface area contributed by atoms with Crippen molar-refractivity contribution in [3.63, 3.8) is 0 Å². The van der Waals surface area contributed by atoms with Crippen LogP contribution in [0.3, 0.4) is 0 Å². The minimum atomic E-state index is -1.02. The van der Waals surface area contributed by atoms with Gasteiger partial charge in [0.15, 0.2) is 0 Å². The number of carbonyl (C=O) groups is 1. The number of hydrogen-bond acceptors (Lipinski definition) is 5. The van der Waals surface area contributed by atoms with Crippen LogP contribution >= 0.6 is 11.8 Å². The van der Waals surface area contributed by atoms with Crippen LogP contribution in [0.1, 0.15) is 16.2 Å². The number of nitrogens with zero attached hydrogens (tertiary/aromatic N) is 2. The quantitative estimate of drug-likeness (QED) is 0.811. The highest BCUT2D eigenvalue weighted by Gasteiger charge is 2.07. The van der Waals surface area contributed by atoms with E-state index in [0.717, 1.165) is 11.8 Å². The van der Waals surface area contributed by atoms with E-state index in [4.69, 9.17) is 5.11 Å². The van der Waals surface area contributed by atoms with E-state index in [1.165, 1.54) is 24.4 Å². The molecule has 0 radical (unpaired) electrons. The normalized spacial score (nSPS) is 10.3. The summed E-state index contributed by atoms with van der Waals surface area (Å²) in [6.07, 6.45) is 1.41. The third-order valence-electron chi connectivity index (χ3n) is 2.03. The minimum Gasteiger partial charge on any atom is -0.478 e. The maximum atomic E-state index is 11.3. The summed E-state index contributed by atoms with van der Waals surface area (Å²) in [4.78, 5) is 32.7. The zero-order valence-electron chi connectivity index (χ0n) is 9.38. The molecule has 2 N–H and O–H groups in total. The Balaban J connectivity index is 2.31. The van der Waals surface area contributed by atoms with Crippen molar-refractivity contribution in [3.8, 4) is 0 Å².